The minimum absolute atomic E-state index is 0.134. The molecular formula is C14H12Br2ClFN2. The predicted molar refractivity (Wildman–Crippen MR) is 87.0 cm³/mol. The third-order valence-corrected chi connectivity index (χ3v) is 4.54. The van der Waals surface area contributed by atoms with Crippen LogP contribution in [0.1, 0.15) is 17.2 Å². The first-order valence-electron chi connectivity index (χ1n) is 5.86. The SMILES string of the molecule is NNC(Cc1ccc(F)cc1Cl)c1cc(Br)ccc1Br. The molecule has 20 heavy (non-hydrogen) atoms. The van der Waals surface area contributed by atoms with Gasteiger partial charge in [0, 0.05) is 14.0 Å². The van der Waals surface area contributed by atoms with Gasteiger partial charge in [0.05, 0.1) is 6.04 Å². The van der Waals surface area contributed by atoms with E-state index in [1.165, 1.54) is 12.1 Å². The lowest BCUT2D eigenvalue weighted by Gasteiger charge is -2.19. The average Bonchev–Trinajstić information content (AvgIpc) is 2.41. The van der Waals surface area contributed by atoms with Crippen molar-refractivity contribution in [1.82, 2.24) is 5.43 Å². The van der Waals surface area contributed by atoms with Crippen LogP contribution in [-0.4, -0.2) is 0 Å². The summed E-state index contributed by atoms with van der Waals surface area (Å²) in [6.45, 7) is 0. The van der Waals surface area contributed by atoms with E-state index in [2.05, 4.69) is 37.3 Å². The summed E-state index contributed by atoms with van der Waals surface area (Å²) in [5.41, 5.74) is 4.61. The molecule has 106 valence electrons. The molecule has 2 rings (SSSR count). The van der Waals surface area contributed by atoms with Gasteiger partial charge in [0.1, 0.15) is 5.82 Å². The summed E-state index contributed by atoms with van der Waals surface area (Å²) in [5, 5.41) is 0.399. The van der Waals surface area contributed by atoms with Crippen molar-refractivity contribution in [2.24, 2.45) is 5.84 Å². The number of hydrogen-bond donors (Lipinski definition) is 2. The van der Waals surface area contributed by atoms with Crippen molar-refractivity contribution in [3.05, 3.63) is 67.3 Å². The van der Waals surface area contributed by atoms with Crippen molar-refractivity contribution < 1.29 is 4.39 Å². The van der Waals surface area contributed by atoms with E-state index in [4.69, 9.17) is 17.4 Å². The van der Waals surface area contributed by atoms with Crippen molar-refractivity contribution in [2.75, 3.05) is 0 Å². The fourth-order valence-corrected chi connectivity index (χ4v) is 3.09. The van der Waals surface area contributed by atoms with Crippen LogP contribution >= 0.6 is 43.5 Å². The molecule has 0 saturated carbocycles. The quantitative estimate of drug-likeness (QED) is 0.551. The monoisotopic (exact) mass is 420 g/mol. The highest BCUT2D eigenvalue weighted by atomic mass is 79.9. The summed E-state index contributed by atoms with van der Waals surface area (Å²) >= 11 is 13.0. The Hall–Kier alpha value is -0.460. The Morgan fingerprint density at radius 2 is 1.95 bits per heavy atom. The van der Waals surface area contributed by atoms with Gasteiger partial charge >= 0.3 is 0 Å². The van der Waals surface area contributed by atoms with Gasteiger partial charge in [-0.2, -0.15) is 0 Å². The maximum Gasteiger partial charge on any atom is 0.124 e. The molecule has 0 aliphatic rings. The Kier molecular flexibility index (Phi) is 5.57. The molecule has 3 N–H and O–H groups in total. The van der Waals surface area contributed by atoms with Gasteiger partial charge in [-0.05, 0) is 47.9 Å². The van der Waals surface area contributed by atoms with Crippen LogP contribution in [0.5, 0.6) is 0 Å². The summed E-state index contributed by atoms with van der Waals surface area (Å²) in [5.74, 6) is 5.30. The molecule has 0 fully saturated rings. The average molecular weight is 423 g/mol. The van der Waals surface area contributed by atoms with Crippen LogP contribution in [0.3, 0.4) is 0 Å². The summed E-state index contributed by atoms with van der Waals surface area (Å²) in [6.07, 6.45) is 0.560. The van der Waals surface area contributed by atoms with Gasteiger partial charge in [-0.1, -0.05) is 49.5 Å². The summed E-state index contributed by atoms with van der Waals surface area (Å²) in [4.78, 5) is 0. The minimum atomic E-state index is -0.348. The molecule has 0 aliphatic carbocycles. The van der Waals surface area contributed by atoms with Gasteiger partial charge in [0.2, 0.25) is 0 Å². The zero-order valence-electron chi connectivity index (χ0n) is 10.3. The van der Waals surface area contributed by atoms with E-state index >= 15 is 0 Å². The van der Waals surface area contributed by atoms with Crippen LogP contribution in [0.15, 0.2) is 45.3 Å². The third-order valence-electron chi connectivity index (χ3n) is 2.97. The number of halogens is 4. The van der Waals surface area contributed by atoms with E-state index in [0.717, 1.165) is 20.1 Å². The molecule has 0 amide bonds. The summed E-state index contributed by atoms with van der Waals surface area (Å²) < 4.78 is 15.0. The molecule has 1 unspecified atom stereocenters. The maximum atomic E-state index is 13.1. The highest BCUT2D eigenvalue weighted by Crippen LogP contribution is 2.30. The predicted octanol–water partition coefficient (Wildman–Crippen LogP) is 4.75. The largest absolute Gasteiger partial charge is 0.271 e. The van der Waals surface area contributed by atoms with Crippen LogP contribution in [0.4, 0.5) is 4.39 Å². The van der Waals surface area contributed by atoms with Crippen LogP contribution in [0.2, 0.25) is 5.02 Å². The molecular weight excluding hydrogens is 410 g/mol. The zero-order chi connectivity index (χ0) is 14.7. The molecule has 2 nitrogen and oxygen atoms in total. The van der Waals surface area contributed by atoms with E-state index in [0.29, 0.717) is 11.4 Å². The third kappa shape index (κ3) is 3.80. The Morgan fingerprint density at radius 3 is 2.60 bits per heavy atom. The summed E-state index contributed by atoms with van der Waals surface area (Å²) in [7, 11) is 0. The van der Waals surface area contributed by atoms with Gasteiger partial charge in [-0.15, -0.1) is 0 Å². The van der Waals surface area contributed by atoms with Gasteiger partial charge in [0.15, 0.2) is 0 Å². The van der Waals surface area contributed by atoms with Crippen LogP contribution < -0.4 is 11.3 Å². The molecule has 0 aliphatic heterocycles. The lowest BCUT2D eigenvalue weighted by Crippen LogP contribution is -2.30. The second kappa shape index (κ2) is 7.00. The van der Waals surface area contributed by atoms with Crippen molar-refractivity contribution in [2.45, 2.75) is 12.5 Å². The second-order valence-electron chi connectivity index (χ2n) is 4.32. The fraction of sp³-hybridized carbons (Fsp3) is 0.143. The Balaban J connectivity index is 2.31. The number of hydrogen-bond acceptors (Lipinski definition) is 2. The Morgan fingerprint density at radius 1 is 1.20 bits per heavy atom. The first-order chi connectivity index (χ1) is 9.51. The molecule has 1 atom stereocenters. The first-order valence-corrected chi connectivity index (χ1v) is 7.82. The molecule has 0 spiro atoms. The molecule has 6 heteroatoms. The van der Waals surface area contributed by atoms with Crippen molar-refractivity contribution in [3.8, 4) is 0 Å². The van der Waals surface area contributed by atoms with Gasteiger partial charge in [0.25, 0.3) is 0 Å². The molecule has 2 aromatic rings. The summed E-state index contributed by atoms with van der Waals surface area (Å²) in [6, 6.07) is 10.1. The second-order valence-corrected chi connectivity index (χ2v) is 6.50. The van der Waals surface area contributed by atoms with Crippen molar-refractivity contribution >= 4 is 43.5 Å². The number of benzene rings is 2. The van der Waals surface area contributed by atoms with Gasteiger partial charge in [-0.3, -0.25) is 11.3 Å². The minimum Gasteiger partial charge on any atom is -0.271 e. The highest BCUT2D eigenvalue weighted by Gasteiger charge is 2.16. The van der Waals surface area contributed by atoms with E-state index in [1.54, 1.807) is 6.07 Å². The number of nitrogens with two attached hydrogens (primary N) is 1. The molecule has 0 heterocycles. The van der Waals surface area contributed by atoms with Crippen molar-refractivity contribution in [3.63, 3.8) is 0 Å². The Labute approximate surface area is 138 Å². The zero-order valence-corrected chi connectivity index (χ0v) is 14.3. The first kappa shape index (κ1) is 15.9. The van der Waals surface area contributed by atoms with Gasteiger partial charge in [-0.25, -0.2) is 4.39 Å². The highest BCUT2D eigenvalue weighted by molar-refractivity contribution is 9.11. The fourth-order valence-electron chi connectivity index (χ4n) is 1.95. The lowest BCUT2D eigenvalue weighted by atomic mass is 9.99. The lowest BCUT2D eigenvalue weighted by molar-refractivity contribution is 0.548. The van der Waals surface area contributed by atoms with E-state index in [9.17, 15) is 4.39 Å². The van der Waals surface area contributed by atoms with Gasteiger partial charge < -0.3 is 0 Å². The normalized spacial score (nSPS) is 12.4. The molecule has 2 aromatic carbocycles. The van der Waals surface area contributed by atoms with E-state index < -0.39 is 0 Å². The van der Waals surface area contributed by atoms with Crippen LogP contribution in [-0.2, 0) is 6.42 Å². The molecule has 0 bridgehead atoms. The number of nitrogens with one attached hydrogen (secondary N) is 1. The van der Waals surface area contributed by atoms with Crippen LogP contribution in [0.25, 0.3) is 0 Å². The topological polar surface area (TPSA) is 38.0 Å². The number of rotatable bonds is 4. The van der Waals surface area contributed by atoms with Crippen LogP contribution in [0, 0.1) is 5.82 Å². The van der Waals surface area contributed by atoms with E-state index in [1.807, 2.05) is 18.2 Å². The van der Waals surface area contributed by atoms with Crippen molar-refractivity contribution in [1.29, 1.82) is 0 Å². The maximum absolute atomic E-state index is 13.1. The smallest absolute Gasteiger partial charge is 0.124 e. The number of hydrazine groups is 1. The molecule has 0 saturated heterocycles. The Bertz CT molecular complexity index is 622. The standard InChI is InChI=1S/C14H12Br2ClFN2/c15-9-2-4-12(16)11(6-9)14(20-19)5-8-1-3-10(18)7-13(8)17/h1-4,6-7,14,20H,5,19H2. The van der Waals surface area contributed by atoms with E-state index in [-0.39, 0.29) is 11.9 Å². The molecule has 0 aromatic heterocycles. The molecule has 0 radical (unpaired) electrons.